The van der Waals surface area contributed by atoms with Crippen molar-refractivity contribution in [3.05, 3.63) is 30.1 Å². The van der Waals surface area contributed by atoms with Gasteiger partial charge in [-0.05, 0) is 30.7 Å². The fraction of sp³-hybridized carbons (Fsp3) is 0.300. The quantitative estimate of drug-likeness (QED) is 0.742. The maximum absolute atomic E-state index is 5.48. The third kappa shape index (κ3) is 1.42. The third-order valence-electron chi connectivity index (χ3n) is 2.22. The number of aryl methyl sites for hydroxylation is 1. The standard InChI is InChI=1S/C10H13N3/c1-13-5-3-9-10(13)6-8(2-4-11)7-12-9/h3,5-7H,2,4,11H2,1H3. The topological polar surface area (TPSA) is 43.8 Å². The van der Waals surface area contributed by atoms with Gasteiger partial charge in [-0.25, -0.2) is 0 Å². The van der Waals surface area contributed by atoms with E-state index in [-0.39, 0.29) is 0 Å². The molecule has 0 radical (unpaired) electrons. The highest BCUT2D eigenvalue weighted by atomic mass is 14.9. The van der Waals surface area contributed by atoms with E-state index in [1.54, 1.807) is 0 Å². The molecule has 2 rings (SSSR count). The zero-order valence-corrected chi connectivity index (χ0v) is 7.70. The SMILES string of the molecule is Cn1ccc2ncc(CCN)cc21. The van der Waals surface area contributed by atoms with Crippen molar-refractivity contribution in [1.82, 2.24) is 9.55 Å². The van der Waals surface area contributed by atoms with E-state index < -0.39 is 0 Å². The van der Waals surface area contributed by atoms with Crippen molar-refractivity contribution in [3.8, 4) is 0 Å². The van der Waals surface area contributed by atoms with Crippen LogP contribution in [0.3, 0.4) is 0 Å². The van der Waals surface area contributed by atoms with Gasteiger partial charge in [0.25, 0.3) is 0 Å². The lowest BCUT2D eigenvalue weighted by Crippen LogP contribution is -2.03. The Morgan fingerprint density at radius 3 is 3.15 bits per heavy atom. The molecule has 0 amide bonds. The van der Waals surface area contributed by atoms with E-state index in [9.17, 15) is 0 Å². The molecule has 0 unspecified atom stereocenters. The van der Waals surface area contributed by atoms with Crippen molar-refractivity contribution in [3.63, 3.8) is 0 Å². The summed E-state index contributed by atoms with van der Waals surface area (Å²) in [5.74, 6) is 0. The van der Waals surface area contributed by atoms with Crippen molar-refractivity contribution in [2.75, 3.05) is 6.54 Å². The number of hydrogen-bond donors (Lipinski definition) is 1. The van der Waals surface area contributed by atoms with Gasteiger partial charge in [-0.15, -0.1) is 0 Å². The fourth-order valence-corrected chi connectivity index (χ4v) is 1.48. The average Bonchev–Trinajstić information content (AvgIpc) is 2.49. The lowest BCUT2D eigenvalue weighted by atomic mass is 10.2. The van der Waals surface area contributed by atoms with Crippen molar-refractivity contribution in [2.45, 2.75) is 6.42 Å². The van der Waals surface area contributed by atoms with Crippen LogP contribution < -0.4 is 5.73 Å². The molecular weight excluding hydrogens is 162 g/mol. The molecular formula is C10H13N3. The Morgan fingerprint density at radius 2 is 2.38 bits per heavy atom. The molecule has 0 aromatic carbocycles. The summed E-state index contributed by atoms with van der Waals surface area (Å²) in [7, 11) is 2.02. The van der Waals surface area contributed by atoms with Gasteiger partial charge in [0.15, 0.2) is 0 Å². The number of hydrogen-bond acceptors (Lipinski definition) is 2. The summed E-state index contributed by atoms with van der Waals surface area (Å²) < 4.78 is 2.07. The highest BCUT2D eigenvalue weighted by molar-refractivity contribution is 5.76. The number of fused-ring (bicyclic) bond motifs is 1. The molecule has 2 aromatic heterocycles. The summed E-state index contributed by atoms with van der Waals surface area (Å²) in [6.07, 6.45) is 4.81. The molecule has 0 spiro atoms. The second-order valence-corrected chi connectivity index (χ2v) is 3.21. The van der Waals surface area contributed by atoms with Crippen LogP contribution in [-0.2, 0) is 13.5 Å². The van der Waals surface area contributed by atoms with Crippen LogP contribution in [0, 0.1) is 0 Å². The zero-order chi connectivity index (χ0) is 9.26. The fourth-order valence-electron chi connectivity index (χ4n) is 1.48. The number of nitrogens with two attached hydrogens (primary N) is 1. The van der Waals surface area contributed by atoms with E-state index in [2.05, 4.69) is 15.6 Å². The first-order valence-electron chi connectivity index (χ1n) is 4.41. The van der Waals surface area contributed by atoms with Crippen LogP contribution in [0.5, 0.6) is 0 Å². The first-order valence-corrected chi connectivity index (χ1v) is 4.41. The van der Waals surface area contributed by atoms with Crippen LogP contribution in [-0.4, -0.2) is 16.1 Å². The van der Waals surface area contributed by atoms with Crippen LogP contribution in [0.15, 0.2) is 24.5 Å². The Bertz CT molecular complexity index is 417. The summed E-state index contributed by atoms with van der Waals surface area (Å²) >= 11 is 0. The Hall–Kier alpha value is -1.35. The van der Waals surface area contributed by atoms with Crippen molar-refractivity contribution >= 4 is 11.0 Å². The van der Waals surface area contributed by atoms with Crippen LogP contribution >= 0.6 is 0 Å². The lowest BCUT2D eigenvalue weighted by molar-refractivity contribution is 0.945. The Morgan fingerprint density at radius 1 is 1.54 bits per heavy atom. The number of nitrogens with zero attached hydrogens (tertiary/aromatic N) is 2. The molecule has 0 saturated carbocycles. The maximum Gasteiger partial charge on any atom is 0.0881 e. The van der Waals surface area contributed by atoms with E-state index in [1.165, 1.54) is 11.1 Å². The van der Waals surface area contributed by atoms with Gasteiger partial charge in [0, 0.05) is 19.4 Å². The molecule has 0 aliphatic heterocycles. The lowest BCUT2D eigenvalue weighted by Gasteiger charge is -1.99. The number of aromatic nitrogens is 2. The monoisotopic (exact) mass is 175 g/mol. The van der Waals surface area contributed by atoms with E-state index in [0.29, 0.717) is 6.54 Å². The highest BCUT2D eigenvalue weighted by Gasteiger charge is 1.99. The molecule has 3 nitrogen and oxygen atoms in total. The van der Waals surface area contributed by atoms with Gasteiger partial charge in [-0.1, -0.05) is 0 Å². The number of rotatable bonds is 2. The predicted octanol–water partition coefficient (Wildman–Crippen LogP) is 1.07. The maximum atomic E-state index is 5.48. The molecule has 0 aliphatic rings. The van der Waals surface area contributed by atoms with Crippen LogP contribution in [0.1, 0.15) is 5.56 Å². The second-order valence-electron chi connectivity index (χ2n) is 3.21. The van der Waals surface area contributed by atoms with Gasteiger partial charge in [-0.2, -0.15) is 0 Å². The van der Waals surface area contributed by atoms with E-state index >= 15 is 0 Å². The minimum Gasteiger partial charge on any atom is -0.349 e. The van der Waals surface area contributed by atoms with Gasteiger partial charge in [0.05, 0.1) is 11.0 Å². The van der Waals surface area contributed by atoms with Gasteiger partial charge in [-0.3, -0.25) is 4.98 Å². The normalized spacial score (nSPS) is 10.9. The van der Waals surface area contributed by atoms with Crippen molar-refractivity contribution in [1.29, 1.82) is 0 Å². The molecule has 0 aliphatic carbocycles. The minimum atomic E-state index is 0.678. The van der Waals surface area contributed by atoms with Gasteiger partial charge in [0.2, 0.25) is 0 Å². The number of pyridine rings is 1. The van der Waals surface area contributed by atoms with Gasteiger partial charge < -0.3 is 10.3 Å². The molecule has 2 N–H and O–H groups in total. The predicted molar refractivity (Wildman–Crippen MR) is 53.5 cm³/mol. The minimum absolute atomic E-state index is 0.678. The molecule has 2 heterocycles. The molecule has 0 atom stereocenters. The molecule has 3 heteroatoms. The molecule has 0 bridgehead atoms. The Labute approximate surface area is 77.2 Å². The summed E-state index contributed by atoms with van der Waals surface area (Å²) in [4.78, 5) is 4.34. The molecule has 0 fully saturated rings. The van der Waals surface area contributed by atoms with Crippen LogP contribution in [0.4, 0.5) is 0 Å². The zero-order valence-electron chi connectivity index (χ0n) is 7.70. The van der Waals surface area contributed by atoms with Crippen molar-refractivity contribution in [2.24, 2.45) is 12.8 Å². The smallest absolute Gasteiger partial charge is 0.0881 e. The van der Waals surface area contributed by atoms with E-state index in [4.69, 9.17) is 5.73 Å². The molecule has 13 heavy (non-hydrogen) atoms. The second kappa shape index (κ2) is 3.18. The Balaban J connectivity index is 2.53. The van der Waals surface area contributed by atoms with Gasteiger partial charge in [0.1, 0.15) is 0 Å². The first-order chi connectivity index (χ1) is 6.31. The molecule has 68 valence electrons. The first kappa shape index (κ1) is 8.26. The van der Waals surface area contributed by atoms with E-state index in [1.807, 2.05) is 25.5 Å². The van der Waals surface area contributed by atoms with E-state index in [0.717, 1.165) is 11.9 Å². The molecule has 0 saturated heterocycles. The summed E-state index contributed by atoms with van der Waals surface area (Å²) in [6, 6.07) is 4.16. The highest BCUT2D eigenvalue weighted by Crippen LogP contribution is 2.13. The third-order valence-corrected chi connectivity index (χ3v) is 2.22. The van der Waals surface area contributed by atoms with Crippen LogP contribution in [0.25, 0.3) is 11.0 Å². The molecule has 2 aromatic rings. The van der Waals surface area contributed by atoms with Gasteiger partial charge >= 0.3 is 0 Å². The Kier molecular flexibility index (Phi) is 2.02. The largest absolute Gasteiger partial charge is 0.349 e. The van der Waals surface area contributed by atoms with Crippen LogP contribution in [0.2, 0.25) is 0 Å². The summed E-state index contributed by atoms with van der Waals surface area (Å²) in [5.41, 5.74) is 8.91. The van der Waals surface area contributed by atoms with Crippen molar-refractivity contribution < 1.29 is 0 Å². The average molecular weight is 175 g/mol. The summed E-state index contributed by atoms with van der Waals surface area (Å²) in [5, 5.41) is 0. The summed E-state index contributed by atoms with van der Waals surface area (Å²) in [6.45, 7) is 0.678.